The van der Waals surface area contributed by atoms with Gasteiger partial charge in [-0.1, -0.05) is 13.8 Å². The quantitative estimate of drug-likeness (QED) is 0.723. The van der Waals surface area contributed by atoms with Crippen molar-refractivity contribution in [3.63, 3.8) is 0 Å². The lowest BCUT2D eigenvalue weighted by Crippen LogP contribution is -2.30. The van der Waals surface area contributed by atoms with E-state index in [0.717, 1.165) is 6.42 Å². The Morgan fingerprint density at radius 3 is 2.29 bits per heavy atom. The molecule has 0 spiro atoms. The molecule has 1 saturated carbocycles. The molecule has 80 valence electrons. The Hall–Kier alpha value is -1.06. The van der Waals surface area contributed by atoms with E-state index in [0.29, 0.717) is 6.42 Å². The molecule has 0 amide bonds. The van der Waals surface area contributed by atoms with Crippen LogP contribution >= 0.6 is 0 Å². The van der Waals surface area contributed by atoms with E-state index in [2.05, 4.69) is 0 Å². The van der Waals surface area contributed by atoms with Crippen molar-refractivity contribution in [1.29, 1.82) is 0 Å². The number of carboxylic acid groups (broad SMARTS) is 2. The minimum atomic E-state index is -0.893. The van der Waals surface area contributed by atoms with Crippen molar-refractivity contribution >= 4 is 11.9 Å². The first-order valence-corrected chi connectivity index (χ1v) is 4.90. The van der Waals surface area contributed by atoms with E-state index in [1.54, 1.807) is 6.92 Å². The van der Waals surface area contributed by atoms with Crippen LogP contribution in [0.2, 0.25) is 0 Å². The average Bonchev–Trinajstić information content (AvgIpc) is 2.45. The first-order valence-electron chi connectivity index (χ1n) is 4.90. The van der Waals surface area contributed by atoms with E-state index in [1.807, 2.05) is 6.92 Å². The van der Waals surface area contributed by atoms with Gasteiger partial charge in [-0.05, 0) is 24.7 Å². The standard InChI is InChI=1S/C10H16O4/c1-5-3-4-7(6(2)9(11)12)8(5)10(13)14/h5-8H,3-4H2,1-2H3,(H,11,12)(H,13,14)/t5-,6?,7-,8-/m0/s1. The zero-order chi connectivity index (χ0) is 10.9. The van der Waals surface area contributed by atoms with E-state index in [-0.39, 0.29) is 11.8 Å². The summed E-state index contributed by atoms with van der Waals surface area (Å²) in [5.41, 5.74) is 0. The van der Waals surface area contributed by atoms with E-state index < -0.39 is 23.8 Å². The Morgan fingerprint density at radius 2 is 1.86 bits per heavy atom. The summed E-state index contributed by atoms with van der Waals surface area (Å²) in [7, 11) is 0. The Bertz CT molecular complexity index is 249. The van der Waals surface area contributed by atoms with E-state index in [1.165, 1.54) is 0 Å². The highest BCUT2D eigenvalue weighted by molar-refractivity contribution is 5.75. The molecule has 0 aromatic rings. The van der Waals surface area contributed by atoms with Crippen LogP contribution in [0.3, 0.4) is 0 Å². The molecule has 1 aliphatic rings. The largest absolute Gasteiger partial charge is 0.481 e. The van der Waals surface area contributed by atoms with Gasteiger partial charge >= 0.3 is 11.9 Å². The van der Waals surface area contributed by atoms with Crippen molar-refractivity contribution in [2.24, 2.45) is 23.7 Å². The molecule has 4 heteroatoms. The SMILES string of the molecule is CC(C(=O)O)[C@@H]1CC[C@H](C)[C@@H]1C(=O)O. The third-order valence-corrected chi connectivity index (χ3v) is 3.35. The van der Waals surface area contributed by atoms with Gasteiger partial charge in [0.05, 0.1) is 11.8 Å². The van der Waals surface area contributed by atoms with Crippen molar-refractivity contribution in [3.05, 3.63) is 0 Å². The zero-order valence-electron chi connectivity index (χ0n) is 8.43. The summed E-state index contributed by atoms with van der Waals surface area (Å²) in [6.45, 7) is 3.48. The van der Waals surface area contributed by atoms with Gasteiger partial charge in [0.1, 0.15) is 0 Å². The maximum atomic E-state index is 11.0. The van der Waals surface area contributed by atoms with Crippen LogP contribution in [0, 0.1) is 23.7 Å². The Balaban J connectivity index is 2.79. The molecule has 2 N–H and O–H groups in total. The van der Waals surface area contributed by atoms with Crippen LogP contribution in [0.25, 0.3) is 0 Å². The van der Waals surface area contributed by atoms with Crippen molar-refractivity contribution in [2.45, 2.75) is 26.7 Å². The second-order valence-corrected chi connectivity index (χ2v) is 4.21. The lowest BCUT2D eigenvalue weighted by atomic mass is 9.82. The molecule has 1 rings (SSSR count). The van der Waals surface area contributed by atoms with Crippen LogP contribution in [-0.2, 0) is 9.59 Å². The van der Waals surface area contributed by atoms with Crippen LogP contribution in [-0.4, -0.2) is 22.2 Å². The Morgan fingerprint density at radius 1 is 1.29 bits per heavy atom. The highest BCUT2D eigenvalue weighted by atomic mass is 16.4. The highest BCUT2D eigenvalue weighted by Gasteiger charge is 2.43. The molecule has 0 saturated heterocycles. The summed E-state index contributed by atoms with van der Waals surface area (Å²) in [4.78, 5) is 21.7. The van der Waals surface area contributed by atoms with Gasteiger partial charge in [-0.25, -0.2) is 0 Å². The highest BCUT2D eigenvalue weighted by Crippen LogP contribution is 2.41. The normalized spacial score (nSPS) is 34.0. The van der Waals surface area contributed by atoms with Crippen LogP contribution in [0.4, 0.5) is 0 Å². The van der Waals surface area contributed by atoms with Gasteiger partial charge in [0.15, 0.2) is 0 Å². The predicted molar refractivity (Wildman–Crippen MR) is 49.8 cm³/mol. The molecule has 0 bridgehead atoms. The summed E-state index contributed by atoms with van der Waals surface area (Å²) in [5, 5.41) is 17.8. The predicted octanol–water partition coefficient (Wildman–Crippen LogP) is 1.45. The molecule has 14 heavy (non-hydrogen) atoms. The van der Waals surface area contributed by atoms with Gasteiger partial charge in [0.25, 0.3) is 0 Å². The summed E-state index contributed by atoms with van der Waals surface area (Å²) < 4.78 is 0. The van der Waals surface area contributed by atoms with E-state index in [9.17, 15) is 9.59 Å². The fourth-order valence-corrected chi connectivity index (χ4v) is 2.41. The van der Waals surface area contributed by atoms with Crippen molar-refractivity contribution in [2.75, 3.05) is 0 Å². The summed E-state index contributed by atoms with van der Waals surface area (Å²) >= 11 is 0. The topological polar surface area (TPSA) is 74.6 Å². The zero-order valence-corrected chi connectivity index (χ0v) is 8.43. The van der Waals surface area contributed by atoms with Crippen LogP contribution in [0.1, 0.15) is 26.7 Å². The van der Waals surface area contributed by atoms with Gasteiger partial charge < -0.3 is 10.2 Å². The fourth-order valence-electron chi connectivity index (χ4n) is 2.41. The van der Waals surface area contributed by atoms with Crippen LogP contribution < -0.4 is 0 Å². The molecule has 4 atom stereocenters. The second kappa shape index (κ2) is 3.98. The summed E-state index contributed by atoms with van der Waals surface area (Å²) in [6, 6.07) is 0. The lowest BCUT2D eigenvalue weighted by molar-refractivity contribution is -0.148. The molecule has 1 unspecified atom stereocenters. The minimum absolute atomic E-state index is 0.0966. The third-order valence-electron chi connectivity index (χ3n) is 3.35. The smallest absolute Gasteiger partial charge is 0.307 e. The molecule has 0 aromatic heterocycles. The number of hydrogen-bond acceptors (Lipinski definition) is 2. The van der Waals surface area contributed by atoms with E-state index in [4.69, 9.17) is 10.2 Å². The number of rotatable bonds is 3. The number of hydrogen-bond donors (Lipinski definition) is 2. The Labute approximate surface area is 82.9 Å². The molecule has 0 radical (unpaired) electrons. The molecular formula is C10H16O4. The minimum Gasteiger partial charge on any atom is -0.481 e. The average molecular weight is 200 g/mol. The van der Waals surface area contributed by atoms with Crippen molar-refractivity contribution < 1.29 is 19.8 Å². The first-order chi connectivity index (χ1) is 6.45. The van der Waals surface area contributed by atoms with Gasteiger partial charge in [0.2, 0.25) is 0 Å². The van der Waals surface area contributed by atoms with Crippen molar-refractivity contribution in [1.82, 2.24) is 0 Å². The van der Waals surface area contributed by atoms with Gasteiger partial charge in [-0.15, -0.1) is 0 Å². The molecule has 0 aromatic carbocycles. The Kier molecular flexibility index (Phi) is 3.13. The maximum Gasteiger partial charge on any atom is 0.307 e. The molecular weight excluding hydrogens is 184 g/mol. The second-order valence-electron chi connectivity index (χ2n) is 4.21. The van der Waals surface area contributed by atoms with Gasteiger partial charge in [-0.3, -0.25) is 9.59 Å². The monoisotopic (exact) mass is 200 g/mol. The van der Waals surface area contributed by atoms with Gasteiger partial charge in [-0.2, -0.15) is 0 Å². The molecule has 0 aliphatic heterocycles. The van der Waals surface area contributed by atoms with E-state index >= 15 is 0 Å². The number of carboxylic acids is 2. The van der Waals surface area contributed by atoms with Crippen LogP contribution in [0.15, 0.2) is 0 Å². The van der Waals surface area contributed by atoms with Crippen molar-refractivity contribution in [3.8, 4) is 0 Å². The molecule has 4 nitrogen and oxygen atoms in total. The summed E-state index contributed by atoms with van der Waals surface area (Å²) in [5.74, 6) is -2.90. The first kappa shape index (κ1) is 11.0. The number of aliphatic carboxylic acids is 2. The lowest BCUT2D eigenvalue weighted by Gasteiger charge is -2.21. The molecule has 1 fully saturated rings. The molecule has 0 heterocycles. The van der Waals surface area contributed by atoms with Gasteiger partial charge in [0, 0.05) is 0 Å². The van der Waals surface area contributed by atoms with Crippen LogP contribution in [0.5, 0.6) is 0 Å². The maximum absolute atomic E-state index is 11.0. The number of carbonyl (C=O) groups is 2. The summed E-state index contributed by atoms with van der Waals surface area (Å²) in [6.07, 6.45) is 1.53. The third kappa shape index (κ3) is 1.89. The molecule has 1 aliphatic carbocycles. The fraction of sp³-hybridized carbons (Fsp3) is 0.800.